The number of benzene rings is 9. The highest BCUT2D eigenvalue weighted by molar-refractivity contribution is 6.38. The second-order valence-corrected chi connectivity index (χ2v) is 16.5. The third-order valence-corrected chi connectivity index (χ3v) is 13.4. The van der Waals surface area contributed by atoms with Gasteiger partial charge in [0.2, 0.25) is 11.7 Å². The van der Waals surface area contributed by atoms with Gasteiger partial charge in [0.05, 0.1) is 49.7 Å². The van der Waals surface area contributed by atoms with Crippen molar-refractivity contribution in [2.45, 2.75) is 0 Å². The number of para-hydroxylation sites is 5. The van der Waals surface area contributed by atoms with E-state index in [0.29, 0.717) is 11.7 Å². The molecule has 62 heavy (non-hydrogen) atoms. The molecular formula is C56H31N5O. The highest BCUT2D eigenvalue weighted by atomic mass is 16.3. The van der Waals surface area contributed by atoms with E-state index in [1.54, 1.807) is 0 Å². The monoisotopic (exact) mass is 789 g/mol. The average Bonchev–Trinajstić information content (AvgIpc) is 4.13. The maximum atomic E-state index is 6.71. The quantitative estimate of drug-likeness (QED) is 0.179. The van der Waals surface area contributed by atoms with Crippen LogP contribution in [0.25, 0.3) is 137 Å². The zero-order valence-corrected chi connectivity index (χ0v) is 33.0. The van der Waals surface area contributed by atoms with Crippen molar-refractivity contribution < 1.29 is 4.42 Å². The normalized spacial score (nSPS) is 12.5. The summed E-state index contributed by atoms with van der Waals surface area (Å²) in [4.78, 5) is 11.1. The molecule has 9 aromatic carbocycles. The number of aromatic nitrogens is 5. The van der Waals surface area contributed by atoms with Gasteiger partial charge in [0.1, 0.15) is 5.58 Å². The molecule has 0 aliphatic rings. The number of nitrogens with zero attached hydrogens (tertiary/aromatic N) is 5. The molecule has 0 N–H and O–H groups in total. The van der Waals surface area contributed by atoms with Gasteiger partial charge in [-0.15, -0.1) is 0 Å². The molecule has 0 radical (unpaired) electrons. The zero-order chi connectivity index (χ0) is 40.2. The Labute approximate surface area is 352 Å². The summed E-state index contributed by atoms with van der Waals surface area (Å²) in [5, 5.41) is 13.9. The molecule has 0 saturated carbocycles. The Morgan fingerprint density at radius 2 is 1.02 bits per heavy atom. The van der Waals surface area contributed by atoms with Crippen LogP contribution in [0, 0.1) is 0 Å². The van der Waals surface area contributed by atoms with Crippen LogP contribution in [-0.4, -0.2) is 23.5 Å². The van der Waals surface area contributed by atoms with Gasteiger partial charge in [0.25, 0.3) is 0 Å². The minimum absolute atomic E-state index is 0.557. The first-order chi connectivity index (χ1) is 30.8. The maximum absolute atomic E-state index is 6.71. The second-order valence-electron chi connectivity index (χ2n) is 16.5. The molecule has 15 rings (SSSR count). The van der Waals surface area contributed by atoms with Crippen LogP contribution in [0.3, 0.4) is 0 Å². The summed E-state index contributed by atoms with van der Waals surface area (Å²) in [6.07, 6.45) is 0. The van der Waals surface area contributed by atoms with Crippen LogP contribution in [0.15, 0.2) is 192 Å². The Balaban J connectivity index is 1.11. The SMILES string of the molecule is c1ccc(-n2c3ccccc3c3cc(-c4nc(-n5c6ccc7ccccc7c6c6c7c8ccccc8n8c9ccccc9c(cc65)c78)nc5oc6ccccc6c45)ccc32)cc1. The van der Waals surface area contributed by atoms with Gasteiger partial charge < -0.3 is 13.4 Å². The van der Waals surface area contributed by atoms with Crippen molar-refractivity contribution in [1.82, 2.24) is 23.5 Å². The highest BCUT2D eigenvalue weighted by Gasteiger charge is 2.27. The molecular weight excluding hydrogens is 759 g/mol. The lowest BCUT2D eigenvalue weighted by Crippen LogP contribution is -2.03. The van der Waals surface area contributed by atoms with E-state index < -0.39 is 0 Å². The topological polar surface area (TPSA) is 53.2 Å². The lowest BCUT2D eigenvalue weighted by molar-refractivity contribution is 0.651. The molecule has 0 atom stereocenters. The van der Waals surface area contributed by atoms with E-state index in [1.165, 1.54) is 65.0 Å². The Morgan fingerprint density at radius 1 is 0.371 bits per heavy atom. The van der Waals surface area contributed by atoms with E-state index in [1.807, 2.05) is 12.1 Å². The van der Waals surface area contributed by atoms with E-state index in [2.05, 4.69) is 189 Å². The molecule has 15 aromatic rings. The van der Waals surface area contributed by atoms with Crippen molar-refractivity contribution in [2.75, 3.05) is 0 Å². The fourth-order valence-electron chi connectivity index (χ4n) is 10.9. The molecule has 6 nitrogen and oxygen atoms in total. The number of rotatable bonds is 3. The largest absolute Gasteiger partial charge is 0.437 e. The van der Waals surface area contributed by atoms with E-state index in [9.17, 15) is 0 Å². The summed E-state index contributed by atoms with van der Waals surface area (Å²) in [7, 11) is 0. The standard InChI is InChI=1S/C56H31N5O/c1-2-15-34(16-3-1)59-42-22-10-6-18-36(42)40-30-33(27-28-45(40)59)53-51-39-21-9-13-25-48(39)62-55(51)58-56(57-53)61-46-29-26-32-14-4-5-17-35(32)49(46)52-47(61)31-41-37-19-7-11-23-43(37)60-44-24-12-8-20-38(44)50(52)54(41)60/h1-31H. The van der Waals surface area contributed by atoms with Gasteiger partial charge in [-0.3, -0.25) is 4.57 Å². The Kier molecular flexibility index (Phi) is 6.07. The first kappa shape index (κ1) is 32.4. The summed E-state index contributed by atoms with van der Waals surface area (Å²) in [5.41, 5.74) is 12.3. The maximum Gasteiger partial charge on any atom is 0.238 e. The van der Waals surface area contributed by atoms with Crippen LogP contribution in [-0.2, 0) is 0 Å². The zero-order valence-electron chi connectivity index (χ0n) is 33.0. The number of furan rings is 1. The fourth-order valence-corrected chi connectivity index (χ4v) is 10.9. The predicted molar refractivity (Wildman–Crippen MR) is 256 cm³/mol. The lowest BCUT2D eigenvalue weighted by atomic mass is 9.99. The highest BCUT2D eigenvalue weighted by Crippen LogP contribution is 2.48. The van der Waals surface area contributed by atoms with Gasteiger partial charge in [0.15, 0.2) is 0 Å². The van der Waals surface area contributed by atoms with Crippen molar-refractivity contribution in [3.8, 4) is 22.9 Å². The van der Waals surface area contributed by atoms with Crippen molar-refractivity contribution in [1.29, 1.82) is 0 Å². The Hall–Kier alpha value is -8.48. The van der Waals surface area contributed by atoms with Crippen molar-refractivity contribution in [3.63, 3.8) is 0 Å². The first-order valence-corrected chi connectivity index (χ1v) is 21.1. The number of fused-ring (bicyclic) bond motifs is 18. The molecule has 6 heteroatoms. The summed E-state index contributed by atoms with van der Waals surface area (Å²) in [5.74, 6) is 0.565. The van der Waals surface area contributed by atoms with Crippen molar-refractivity contribution in [3.05, 3.63) is 188 Å². The molecule has 286 valence electrons. The first-order valence-electron chi connectivity index (χ1n) is 21.1. The van der Waals surface area contributed by atoms with Crippen LogP contribution < -0.4 is 0 Å². The third kappa shape index (κ3) is 4.04. The summed E-state index contributed by atoms with van der Waals surface area (Å²) in [6, 6.07) is 67.5. The molecule has 0 spiro atoms. The van der Waals surface area contributed by atoms with Gasteiger partial charge in [-0.05, 0) is 71.4 Å². The van der Waals surface area contributed by atoms with E-state index in [4.69, 9.17) is 14.4 Å². The van der Waals surface area contributed by atoms with Crippen LogP contribution >= 0.6 is 0 Å². The third-order valence-electron chi connectivity index (χ3n) is 13.4. The van der Waals surface area contributed by atoms with E-state index >= 15 is 0 Å². The van der Waals surface area contributed by atoms with Crippen molar-refractivity contribution in [2.24, 2.45) is 0 Å². The minimum atomic E-state index is 0.557. The molecule has 0 amide bonds. The summed E-state index contributed by atoms with van der Waals surface area (Å²) < 4.78 is 13.8. The summed E-state index contributed by atoms with van der Waals surface area (Å²) in [6.45, 7) is 0. The van der Waals surface area contributed by atoms with Gasteiger partial charge >= 0.3 is 0 Å². The fraction of sp³-hybridized carbons (Fsp3) is 0. The number of hydrogen-bond donors (Lipinski definition) is 0. The van der Waals surface area contributed by atoms with Crippen LogP contribution in [0.1, 0.15) is 0 Å². The molecule has 0 aliphatic heterocycles. The molecule has 0 saturated heterocycles. The molecule has 6 aromatic heterocycles. The Bertz CT molecular complexity index is 4390. The molecule has 0 fully saturated rings. The molecule has 0 unspecified atom stereocenters. The van der Waals surface area contributed by atoms with Crippen LogP contribution in [0.4, 0.5) is 0 Å². The summed E-state index contributed by atoms with van der Waals surface area (Å²) >= 11 is 0. The van der Waals surface area contributed by atoms with E-state index in [0.717, 1.165) is 60.8 Å². The molecule has 0 bridgehead atoms. The second kappa shape index (κ2) is 11.6. The van der Waals surface area contributed by atoms with Crippen LogP contribution in [0.2, 0.25) is 0 Å². The van der Waals surface area contributed by atoms with Gasteiger partial charge in [0, 0.05) is 59.7 Å². The van der Waals surface area contributed by atoms with Crippen LogP contribution in [0.5, 0.6) is 0 Å². The number of hydrogen-bond acceptors (Lipinski definition) is 3. The predicted octanol–water partition coefficient (Wildman–Crippen LogP) is 14.5. The molecule has 0 aliphatic carbocycles. The Morgan fingerprint density at radius 3 is 1.85 bits per heavy atom. The van der Waals surface area contributed by atoms with E-state index in [-0.39, 0.29) is 0 Å². The molecule has 6 heterocycles. The van der Waals surface area contributed by atoms with Gasteiger partial charge in [-0.2, -0.15) is 4.98 Å². The van der Waals surface area contributed by atoms with Crippen molar-refractivity contribution >= 4 is 115 Å². The smallest absolute Gasteiger partial charge is 0.238 e. The minimum Gasteiger partial charge on any atom is -0.437 e. The average molecular weight is 790 g/mol. The lowest BCUT2D eigenvalue weighted by Gasteiger charge is -2.11. The van der Waals surface area contributed by atoms with Gasteiger partial charge in [-0.1, -0.05) is 127 Å². The van der Waals surface area contributed by atoms with Gasteiger partial charge in [-0.25, -0.2) is 4.98 Å².